The van der Waals surface area contributed by atoms with Gasteiger partial charge in [0.1, 0.15) is 0 Å². The minimum absolute atomic E-state index is 0.495. The molecule has 86 valence electrons. The Bertz CT molecular complexity index is 538. The van der Waals surface area contributed by atoms with Gasteiger partial charge in [-0.25, -0.2) is 4.79 Å². The summed E-state index contributed by atoms with van der Waals surface area (Å²) in [5, 5.41) is 11.1. The van der Waals surface area contributed by atoms with Crippen molar-refractivity contribution < 1.29 is 9.90 Å². The summed E-state index contributed by atoms with van der Waals surface area (Å²) in [6.45, 7) is 1.87. The number of benzene rings is 1. The van der Waals surface area contributed by atoms with Crippen molar-refractivity contribution in [3.63, 3.8) is 0 Å². The molecular weight excluding hydrogens is 216 g/mol. The lowest BCUT2D eigenvalue weighted by Gasteiger charge is -2.09. The van der Waals surface area contributed by atoms with Gasteiger partial charge in [-0.1, -0.05) is 30.3 Å². The van der Waals surface area contributed by atoms with E-state index in [1.165, 1.54) is 0 Å². The molecule has 2 N–H and O–H groups in total. The molecule has 2 aromatic rings. The van der Waals surface area contributed by atoms with E-state index in [1.807, 2.05) is 37.3 Å². The molecule has 0 atom stereocenters. The van der Waals surface area contributed by atoms with Crippen LogP contribution in [0.1, 0.15) is 5.69 Å². The Hall–Kier alpha value is -2.36. The van der Waals surface area contributed by atoms with Crippen molar-refractivity contribution >= 4 is 11.8 Å². The largest absolute Gasteiger partial charge is 0.465 e. The highest BCUT2D eigenvalue weighted by molar-refractivity contribution is 5.89. The maximum absolute atomic E-state index is 10.7. The first kappa shape index (κ1) is 11.1. The standard InChI is InChI=1S/C13H12N2O2/c1-9-7-8-11(15-13(16)17)12(14-9)10-5-3-2-4-6-10/h2-8,15H,1H3,(H,16,17). The number of pyridine rings is 1. The number of hydrogen-bond donors (Lipinski definition) is 2. The molecule has 1 amide bonds. The number of aromatic nitrogens is 1. The topological polar surface area (TPSA) is 62.2 Å². The zero-order valence-corrected chi connectivity index (χ0v) is 9.34. The van der Waals surface area contributed by atoms with Crippen LogP contribution in [0.5, 0.6) is 0 Å². The predicted octanol–water partition coefficient (Wildman–Crippen LogP) is 3.15. The normalized spacial score (nSPS) is 9.94. The van der Waals surface area contributed by atoms with Gasteiger partial charge in [-0.15, -0.1) is 0 Å². The third-order valence-electron chi connectivity index (χ3n) is 2.32. The van der Waals surface area contributed by atoms with Crippen molar-refractivity contribution in [2.45, 2.75) is 6.92 Å². The first-order valence-corrected chi connectivity index (χ1v) is 5.20. The Balaban J connectivity index is 2.51. The molecule has 0 aliphatic carbocycles. The number of aryl methyl sites for hydroxylation is 1. The van der Waals surface area contributed by atoms with Crippen LogP contribution in [0.15, 0.2) is 42.5 Å². The maximum atomic E-state index is 10.7. The molecule has 1 heterocycles. The minimum atomic E-state index is -1.09. The van der Waals surface area contributed by atoms with Crippen molar-refractivity contribution in [3.05, 3.63) is 48.2 Å². The van der Waals surface area contributed by atoms with Gasteiger partial charge in [0.05, 0.1) is 11.4 Å². The number of carboxylic acid groups (broad SMARTS) is 1. The average molecular weight is 228 g/mol. The van der Waals surface area contributed by atoms with Gasteiger partial charge in [0, 0.05) is 11.3 Å². The summed E-state index contributed by atoms with van der Waals surface area (Å²) in [5.41, 5.74) is 2.88. The van der Waals surface area contributed by atoms with Crippen LogP contribution in [-0.4, -0.2) is 16.2 Å². The van der Waals surface area contributed by atoms with Gasteiger partial charge in [-0.3, -0.25) is 10.3 Å². The van der Waals surface area contributed by atoms with E-state index in [1.54, 1.807) is 12.1 Å². The molecule has 0 spiro atoms. The molecule has 0 saturated carbocycles. The number of nitrogens with zero attached hydrogens (tertiary/aromatic N) is 1. The van der Waals surface area contributed by atoms with Gasteiger partial charge >= 0.3 is 6.09 Å². The highest BCUT2D eigenvalue weighted by Gasteiger charge is 2.08. The van der Waals surface area contributed by atoms with E-state index in [-0.39, 0.29) is 0 Å². The third-order valence-corrected chi connectivity index (χ3v) is 2.32. The van der Waals surface area contributed by atoms with E-state index in [0.717, 1.165) is 11.3 Å². The van der Waals surface area contributed by atoms with E-state index in [0.29, 0.717) is 11.4 Å². The molecule has 4 nitrogen and oxygen atoms in total. The van der Waals surface area contributed by atoms with Crippen LogP contribution >= 0.6 is 0 Å². The van der Waals surface area contributed by atoms with Crippen LogP contribution in [0.2, 0.25) is 0 Å². The summed E-state index contributed by atoms with van der Waals surface area (Å²) in [6.07, 6.45) is -1.09. The Morgan fingerprint density at radius 3 is 2.53 bits per heavy atom. The van der Waals surface area contributed by atoms with Crippen molar-refractivity contribution in [1.82, 2.24) is 4.98 Å². The number of carbonyl (C=O) groups is 1. The molecule has 0 bridgehead atoms. The fraction of sp³-hybridized carbons (Fsp3) is 0.0769. The molecule has 2 rings (SSSR count). The lowest BCUT2D eigenvalue weighted by Crippen LogP contribution is -2.09. The second kappa shape index (κ2) is 4.65. The van der Waals surface area contributed by atoms with Crippen molar-refractivity contribution in [3.8, 4) is 11.3 Å². The minimum Gasteiger partial charge on any atom is -0.465 e. The Morgan fingerprint density at radius 1 is 1.18 bits per heavy atom. The first-order valence-electron chi connectivity index (χ1n) is 5.20. The van der Waals surface area contributed by atoms with E-state index >= 15 is 0 Å². The van der Waals surface area contributed by atoms with Crippen LogP contribution < -0.4 is 5.32 Å². The molecule has 0 radical (unpaired) electrons. The van der Waals surface area contributed by atoms with Gasteiger partial charge < -0.3 is 5.11 Å². The lowest BCUT2D eigenvalue weighted by molar-refractivity contribution is 0.210. The molecule has 17 heavy (non-hydrogen) atoms. The third kappa shape index (κ3) is 2.60. The summed E-state index contributed by atoms with van der Waals surface area (Å²) in [6, 6.07) is 13.0. The predicted molar refractivity (Wildman–Crippen MR) is 66.1 cm³/mol. The van der Waals surface area contributed by atoms with Crippen LogP contribution in [0.25, 0.3) is 11.3 Å². The quantitative estimate of drug-likeness (QED) is 0.829. The number of amides is 1. The fourth-order valence-corrected chi connectivity index (χ4v) is 1.59. The molecule has 0 aliphatic heterocycles. The molecule has 0 fully saturated rings. The number of anilines is 1. The lowest BCUT2D eigenvalue weighted by atomic mass is 10.1. The first-order chi connectivity index (χ1) is 8.16. The van der Waals surface area contributed by atoms with Crippen LogP contribution in [0.4, 0.5) is 10.5 Å². The van der Waals surface area contributed by atoms with Gasteiger partial charge in [0.15, 0.2) is 0 Å². The number of rotatable bonds is 2. The summed E-state index contributed by atoms with van der Waals surface area (Å²) in [4.78, 5) is 15.1. The number of nitrogens with one attached hydrogen (secondary N) is 1. The van der Waals surface area contributed by atoms with Crippen LogP contribution in [-0.2, 0) is 0 Å². The van der Waals surface area contributed by atoms with Gasteiger partial charge in [0.25, 0.3) is 0 Å². The Morgan fingerprint density at radius 2 is 1.88 bits per heavy atom. The Labute approximate surface area is 98.9 Å². The maximum Gasteiger partial charge on any atom is 0.409 e. The smallest absolute Gasteiger partial charge is 0.409 e. The average Bonchev–Trinajstić information content (AvgIpc) is 2.32. The monoisotopic (exact) mass is 228 g/mol. The summed E-state index contributed by atoms with van der Waals surface area (Å²) in [7, 11) is 0. The zero-order chi connectivity index (χ0) is 12.3. The highest BCUT2D eigenvalue weighted by Crippen LogP contribution is 2.25. The van der Waals surface area contributed by atoms with Crippen molar-refractivity contribution in [2.24, 2.45) is 0 Å². The van der Waals surface area contributed by atoms with Gasteiger partial charge in [-0.05, 0) is 19.1 Å². The second-order valence-electron chi connectivity index (χ2n) is 3.64. The van der Waals surface area contributed by atoms with Gasteiger partial charge in [-0.2, -0.15) is 0 Å². The molecule has 1 aromatic heterocycles. The fourth-order valence-electron chi connectivity index (χ4n) is 1.59. The van der Waals surface area contributed by atoms with E-state index in [4.69, 9.17) is 5.11 Å². The van der Waals surface area contributed by atoms with Crippen molar-refractivity contribution in [2.75, 3.05) is 5.32 Å². The summed E-state index contributed by atoms with van der Waals surface area (Å²) >= 11 is 0. The summed E-state index contributed by atoms with van der Waals surface area (Å²) in [5.74, 6) is 0. The molecule has 0 unspecified atom stereocenters. The van der Waals surface area contributed by atoms with Crippen LogP contribution in [0, 0.1) is 6.92 Å². The molecule has 0 aliphatic rings. The SMILES string of the molecule is Cc1ccc(NC(=O)O)c(-c2ccccc2)n1. The summed E-state index contributed by atoms with van der Waals surface area (Å²) < 4.78 is 0. The van der Waals surface area contributed by atoms with E-state index in [9.17, 15) is 4.79 Å². The van der Waals surface area contributed by atoms with E-state index < -0.39 is 6.09 Å². The second-order valence-corrected chi connectivity index (χ2v) is 3.64. The van der Waals surface area contributed by atoms with Crippen LogP contribution in [0.3, 0.4) is 0 Å². The zero-order valence-electron chi connectivity index (χ0n) is 9.34. The Kier molecular flexibility index (Phi) is 3.05. The highest BCUT2D eigenvalue weighted by atomic mass is 16.4. The molecular formula is C13H12N2O2. The van der Waals surface area contributed by atoms with E-state index in [2.05, 4.69) is 10.3 Å². The number of hydrogen-bond acceptors (Lipinski definition) is 2. The van der Waals surface area contributed by atoms with Gasteiger partial charge in [0.2, 0.25) is 0 Å². The molecule has 0 saturated heterocycles. The van der Waals surface area contributed by atoms with Crippen molar-refractivity contribution in [1.29, 1.82) is 0 Å². The molecule has 1 aromatic carbocycles. The molecule has 4 heteroatoms.